The summed E-state index contributed by atoms with van der Waals surface area (Å²) in [4.78, 5) is 0. The summed E-state index contributed by atoms with van der Waals surface area (Å²) >= 11 is 0. The van der Waals surface area contributed by atoms with E-state index in [1.54, 1.807) is 0 Å². The van der Waals surface area contributed by atoms with Crippen molar-refractivity contribution in [2.24, 2.45) is 0 Å². The van der Waals surface area contributed by atoms with E-state index in [2.05, 4.69) is 7.70 Å². The van der Waals surface area contributed by atoms with Gasteiger partial charge in [-0.2, -0.15) is 0 Å². The van der Waals surface area contributed by atoms with Crippen molar-refractivity contribution in [3.05, 3.63) is 0 Å². The quantitative estimate of drug-likeness (QED) is 0.316. The number of nitriles is 12. The van der Waals surface area contributed by atoms with Crippen LogP contribution in [-0.2, 0) is 34.9 Å². The first-order valence-corrected chi connectivity index (χ1v) is 12.2. The number of nitrogens with zero attached hydrogens (tertiary/aromatic N) is 12. The van der Waals surface area contributed by atoms with Crippen LogP contribution < -0.4 is 0 Å². The number of hydrogen-bond donors (Lipinski definition) is 0. The molecule has 0 aliphatic rings. The Bertz CT molecular complexity index is 1340. The summed E-state index contributed by atoms with van der Waals surface area (Å²) in [5.74, 6) is 0. The Hall–Kier alpha value is -4.65. The summed E-state index contributed by atoms with van der Waals surface area (Å²) in [5.41, 5.74) is 0. The SMILES string of the molecule is N#C[O][Co-](=[O])([C]#N)([C]#N)([C]#N)([C]#N)[C]#N.N#C[O][Co-](=[O])([C]#N)([C]#N)([C]#N)([C]#N)[C]#N.[Ca+2]. The Morgan fingerprint density at radius 2 is 0.516 bits per heavy atom. The van der Waals surface area contributed by atoms with E-state index in [-0.39, 0.29) is 37.7 Å². The molecule has 0 saturated carbocycles. The minimum absolute atomic E-state index is 0. The van der Waals surface area contributed by atoms with Gasteiger partial charge >= 0.3 is 198 Å². The molecule has 0 spiro atoms. The standard InChI is InChI=1S/2CHNO.10CN.Ca.2Co.2O/c2*2-1-3;10*1-2;;;;;/h2*3H;;;;;;;;;;;;;;;/q;;;;;;;;;;;;+2;;;;/p-2. The third kappa shape index (κ3) is 2.87. The zero-order chi connectivity index (χ0) is 24.7. The van der Waals surface area contributed by atoms with Crippen molar-refractivity contribution < 1.29 is 34.9 Å². The van der Waals surface area contributed by atoms with Crippen LogP contribution >= 0.6 is 0 Å². The number of hydrogen-bond acceptors (Lipinski definition) is 16. The molecule has 0 aliphatic carbocycles. The zero-order valence-electron chi connectivity index (χ0n) is 14.4. The maximum atomic E-state index is 12.2. The van der Waals surface area contributed by atoms with Crippen molar-refractivity contribution in [3.63, 3.8) is 0 Å². The second-order valence-corrected chi connectivity index (χ2v) is 16.8. The summed E-state index contributed by atoms with van der Waals surface area (Å²) in [5, 5.41) is 107. The first kappa shape index (κ1) is 31.1. The van der Waals surface area contributed by atoms with Gasteiger partial charge < -0.3 is 0 Å². The van der Waals surface area contributed by atoms with Gasteiger partial charge in [0.2, 0.25) is 0 Å². The molecule has 0 unspecified atom stereocenters. The summed E-state index contributed by atoms with van der Waals surface area (Å²) in [6, 6.07) is 0. The Morgan fingerprint density at radius 3 is 0.548 bits per heavy atom. The van der Waals surface area contributed by atoms with E-state index in [1.807, 2.05) is 0 Å². The predicted octanol–water partition coefficient (Wildman–Crippen LogP) is -0.559. The molecule has 0 aromatic rings. The van der Waals surface area contributed by atoms with Gasteiger partial charge in [0, 0.05) is 0 Å². The van der Waals surface area contributed by atoms with Crippen molar-refractivity contribution in [1.82, 2.24) is 0 Å². The van der Waals surface area contributed by atoms with Crippen LogP contribution in [0.5, 0.6) is 0 Å². The Balaban J connectivity index is -0.000000490. The first-order valence-electron chi connectivity index (χ1n) is 5.30. The molecule has 0 heterocycles. The molecule has 0 atom stereocenters. The summed E-state index contributed by atoms with van der Waals surface area (Å²) in [6.07, 6.45) is 1.24. The van der Waals surface area contributed by atoms with Gasteiger partial charge in [-0.05, 0) is 0 Å². The van der Waals surface area contributed by atoms with Crippen LogP contribution in [0.4, 0.5) is 0 Å². The Labute approximate surface area is 196 Å². The van der Waals surface area contributed by atoms with Gasteiger partial charge in [0.1, 0.15) is 0 Å². The first-order chi connectivity index (χ1) is 13.4. The van der Waals surface area contributed by atoms with Crippen LogP contribution in [0, 0.1) is 126 Å². The molecule has 31 heavy (non-hydrogen) atoms. The zero-order valence-corrected chi connectivity index (χ0v) is 18.7. The molecule has 0 N–H and O–H groups in total. The van der Waals surface area contributed by atoms with Crippen molar-refractivity contribution in [2.45, 2.75) is 0 Å². The molecule has 0 fully saturated rings. The van der Waals surface area contributed by atoms with E-state index in [0.717, 1.165) is 0 Å². The molecular formula is C12CaCo2N12O4. The van der Waals surface area contributed by atoms with E-state index in [1.165, 1.54) is 0 Å². The van der Waals surface area contributed by atoms with Gasteiger partial charge in [-0.1, -0.05) is 0 Å². The summed E-state index contributed by atoms with van der Waals surface area (Å²) in [6.45, 7) is 0. The van der Waals surface area contributed by atoms with Gasteiger partial charge in [-0.15, -0.1) is 0 Å². The monoisotopic (exact) mass is 534 g/mol. The van der Waals surface area contributed by atoms with Crippen molar-refractivity contribution in [2.75, 3.05) is 0 Å². The van der Waals surface area contributed by atoms with E-state index >= 15 is 0 Å². The predicted molar refractivity (Wildman–Crippen MR) is 76.7 cm³/mol. The van der Waals surface area contributed by atoms with Crippen molar-refractivity contribution >= 4 is 37.7 Å². The molecule has 16 nitrogen and oxygen atoms in total. The fourth-order valence-corrected chi connectivity index (χ4v) is 2.73. The summed E-state index contributed by atoms with van der Waals surface area (Å²) < 4.78 is 31.5. The summed E-state index contributed by atoms with van der Waals surface area (Å²) in [7, 11) is -16.2. The topological polar surface area (TPSA) is 338 Å². The number of rotatable bonds is 2. The minimum atomic E-state index is -8.12. The van der Waals surface area contributed by atoms with Crippen molar-refractivity contribution in [3.8, 4) is 62.5 Å². The van der Waals surface area contributed by atoms with Crippen LogP contribution in [-0.4, -0.2) is 37.7 Å². The third-order valence-corrected chi connectivity index (χ3v) is 10.5. The van der Waals surface area contributed by atoms with E-state index in [0.29, 0.717) is 62.5 Å². The molecular weight excluding hydrogens is 534 g/mol. The molecule has 0 aromatic carbocycles. The maximum Gasteiger partial charge on any atom is 2.00 e. The largest absolute Gasteiger partial charge is 2.00 e. The fraction of sp³-hybridized carbons (Fsp3) is 0. The minimum Gasteiger partial charge on any atom is 2.00 e. The molecule has 0 amide bonds. The van der Waals surface area contributed by atoms with Crippen LogP contribution in [0.15, 0.2) is 0 Å². The van der Waals surface area contributed by atoms with Gasteiger partial charge in [0.15, 0.2) is 0 Å². The van der Waals surface area contributed by atoms with Gasteiger partial charge in [-0.25, -0.2) is 0 Å². The molecule has 0 bridgehead atoms. The maximum absolute atomic E-state index is 12.2. The van der Waals surface area contributed by atoms with E-state index < -0.39 is 19.5 Å². The van der Waals surface area contributed by atoms with Crippen molar-refractivity contribution in [1.29, 1.82) is 63.1 Å². The Morgan fingerprint density at radius 1 is 0.387 bits per heavy atom. The third-order valence-electron chi connectivity index (χ3n) is 2.56. The average Bonchev–Trinajstić information content (AvgIpc) is 2.82. The van der Waals surface area contributed by atoms with Crippen LogP contribution in [0.3, 0.4) is 0 Å². The van der Waals surface area contributed by atoms with Crippen LogP contribution in [0.25, 0.3) is 0 Å². The molecule has 0 radical (unpaired) electrons. The molecule has 0 aromatic heterocycles. The van der Waals surface area contributed by atoms with Gasteiger partial charge in [0.05, 0.1) is 0 Å². The smallest absolute Gasteiger partial charge is 2.00 e. The molecule has 0 saturated heterocycles. The molecule has 19 heteroatoms. The second-order valence-electron chi connectivity index (χ2n) is 4.20. The van der Waals surface area contributed by atoms with Crippen LogP contribution in [0.1, 0.15) is 0 Å². The van der Waals surface area contributed by atoms with E-state index in [4.69, 9.17) is 63.1 Å². The molecule has 0 rings (SSSR count). The van der Waals surface area contributed by atoms with Gasteiger partial charge in [-0.3, -0.25) is 0 Å². The normalized spacial score (nSPS) is 15.2. The van der Waals surface area contributed by atoms with Gasteiger partial charge in [0.25, 0.3) is 0 Å². The van der Waals surface area contributed by atoms with E-state index in [9.17, 15) is 7.73 Å². The second kappa shape index (κ2) is 5.70. The average molecular weight is 534 g/mol. The Kier molecular flexibility index (Phi) is 5.71. The molecule has 152 valence electrons. The molecule has 0 aliphatic heterocycles. The fourth-order valence-electron chi connectivity index (χ4n) is 0.662. The van der Waals surface area contributed by atoms with Crippen LogP contribution in [0.2, 0.25) is 0 Å².